The van der Waals surface area contributed by atoms with Crippen molar-refractivity contribution in [2.24, 2.45) is 0 Å². The standard InChI is InChI=1S/C20H17N3OS.C2H2O4/c1-14-10-12-25-18(14)8-9-20-22-16-13-15(24-2)6-7-17(16)23(20)19-5-3-4-11-21-19;3-1(4)2(5)6/h3-13H,1-2H3;(H,3,4)(H,5,6). The van der Waals surface area contributed by atoms with Crippen molar-refractivity contribution < 1.29 is 24.5 Å². The molecule has 1 aromatic carbocycles. The minimum Gasteiger partial charge on any atom is -0.497 e. The highest BCUT2D eigenvalue weighted by molar-refractivity contribution is 7.11. The molecule has 9 heteroatoms. The number of methoxy groups -OCH3 is 1. The van der Waals surface area contributed by atoms with Crippen molar-refractivity contribution in [3.05, 3.63) is 70.3 Å². The fraction of sp³-hybridized carbons (Fsp3) is 0.0909. The third-order valence-electron chi connectivity index (χ3n) is 4.23. The molecule has 3 heterocycles. The maximum atomic E-state index is 9.10. The van der Waals surface area contributed by atoms with Gasteiger partial charge in [0.2, 0.25) is 0 Å². The van der Waals surface area contributed by atoms with E-state index in [2.05, 4.69) is 34.0 Å². The van der Waals surface area contributed by atoms with Gasteiger partial charge in [0.25, 0.3) is 0 Å². The van der Waals surface area contributed by atoms with Crippen LogP contribution in [-0.4, -0.2) is 43.8 Å². The Bertz CT molecular complexity index is 1230. The van der Waals surface area contributed by atoms with Gasteiger partial charge < -0.3 is 14.9 Å². The quantitative estimate of drug-likeness (QED) is 0.461. The van der Waals surface area contributed by atoms with E-state index in [4.69, 9.17) is 29.5 Å². The summed E-state index contributed by atoms with van der Waals surface area (Å²) in [6.07, 6.45) is 5.94. The van der Waals surface area contributed by atoms with E-state index in [1.807, 2.05) is 42.5 Å². The van der Waals surface area contributed by atoms with Gasteiger partial charge >= 0.3 is 11.9 Å². The number of aryl methyl sites for hydroxylation is 1. The molecule has 0 spiro atoms. The molecule has 158 valence electrons. The molecule has 8 nitrogen and oxygen atoms in total. The smallest absolute Gasteiger partial charge is 0.414 e. The maximum Gasteiger partial charge on any atom is 0.414 e. The molecule has 0 aliphatic heterocycles. The number of hydrogen-bond donors (Lipinski definition) is 2. The second-order valence-electron chi connectivity index (χ2n) is 6.26. The van der Waals surface area contributed by atoms with Crippen molar-refractivity contribution >= 4 is 46.5 Å². The summed E-state index contributed by atoms with van der Waals surface area (Å²) in [5, 5.41) is 16.9. The number of hydrogen-bond acceptors (Lipinski definition) is 6. The summed E-state index contributed by atoms with van der Waals surface area (Å²) in [6.45, 7) is 2.11. The van der Waals surface area contributed by atoms with Crippen LogP contribution in [0.5, 0.6) is 5.75 Å². The summed E-state index contributed by atoms with van der Waals surface area (Å²) < 4.78 is 7.39. The first-order valence-electron chi connectivity index (χ1n) is 9.07. The zero-order chi connectivity index (χ0) is 22.4. The normalized spacial score (nSPS) is 10.6. The molecule has 2 N–H and O–H groups in total. The Labute approximate surface area is 181 Å². The fourth-order valence-electron chi connectivity index (χ4n) is 2.75. The Kier molecular flexibility index (Phi) is 6.78. The fourth-order valence-corrected chi connectivity index (χ4v) is 3.57. The highest BCUT2D eigenvalue weighted by Crippen LogP contribution is 2.26. The van der Waals surface area contributed by atoms with E-state index in [-0.39, 0.29) is 0 Å². The average Bonchev–Trinajstić information content (AvgIpc) is 3.35. The number of aliphatic carboxylic acids is 2. The first-order chi connectivity index (χ1) is 14.9. The van der Waals surface area contributed by atoms with Crippen LogP contribution in [0.4, 0.5) is 0 Å². The van der Waals surface area contributed by atoms with E-state index in [0.717, 1.165) is 28.4 Å². The molecule has 0 atom stereocenters. The Morgan fingerprint density at radius 3 is 2.45 bits per heavy atom. The van der Waals surface area contributed by atoms with Crippen LogP contribution in [0, 0.1) is 6.92 Å². The summed E-state index contributed by atoms with van der Waals surface area (Å²) >= 11 is 1.72. The number of carboxylic acids is 2. The van der Waals surface area contributed by atoms with Crippen molar-refractivity contribution in [3.8, 4) is 11.6 Å². The number of carboxylic acid groups (broad SMARTS) is 2. The number of imidazole rings is 1. The molecule has 0 aliphatic carbocycles. The monoisotopic (exact) mass is 437 g/mol. The van der Waals surface area contributed by atoms with Crippen LogP contribution >= 0.6 is 11.3 Å². The Morgan fingerprint density at radius 1 is 1.10 bits per heavy atom. The lowest BCUT2D eigenvalue weighted by Gasteiger charge is -2.06. The molecule has 0 saturated carbocycles. The number of rotatable bonds is 4. The van der Waals surface area contributed by atoms with Gasteiger partial charge in [0.1, 0.15) is 17.4 Å². The molecule has 4 aromatic rings. The largest absolute Gasteiger partial charge is 0.497 e. The highest BCUT2D eigenvalue weighted by atomic mass is 32.1. The topological polar surface area (TPSA) is 115 Å². The van der Waals surface area contributed by atoms with Gasteiger partial charge in [-0.2, -0.15) is 0 Å². The SMILES string of the molecule is COc1ccc2c(c1)nc(C=Cc1sccc1C)n2-c1ccccn1.O=C(O)C(=O)O. The summed E-state index contributed by atoms with van der Waals surface area (Å²) in [5.41, 5.74) is 3.15. The Hall–Kier alpha value is -3.98. The van der Waals surface area contributed by atoms with E-state index in [0.29, 0.717) is 0 Å². The van der Waals surface area contributed by atoms with E-state index < -0.39 is 11.9 Å². The second kappa shape index (κ2) is 9.68. The van der Waals surface area contributed by atoms with Crippen molar-refractivity contribution in [3.63, 3.8) is 0 Å². The molecule has 0 bridgehead atoms. The highest BCUT2D eigenvalue weighted by Gasteiger charge is 2.12. The zero-order valence-corrected chi connectivity index (χ0v) is 17.5. The Morgan fingerprint density at radius 2 is 1.87 bits per heavy atom. The van der Waals surface area contributed by atoms with E-state index in [1.165, 1.54) is 10.4 Å². The van der Waals surface area contributed by atoms with Gasteiger partial charge in [0.05, 0.1) is 18.1 Å². The van der Waals surface area contributed by atoms with Gasteiger partial charge in [-0.3, -0.25) is 4.57 Å². The molecule has 0 aliphatic rings. The molecular formula is C22H19N3O5S. The van der Waals surface area contributed by atoms with Crippen LogP contribution in [0.25, 0.3) is 29.0 Å². The van der Waals surface area contributed by atoms with Gasteiger partial charge in [-0.15, -0.1) is 11.3 Å². The average molecular weight is 437 g/mol. The number of thiophene rings is 1. The number of aromatic nitrogens is 3. The number of carbonyl (C=O) groups is 2. The van der Waals surface area contributed by atoms with Crippen molar-refractivity contribution in [1.82, 2.24) is 14.5 Å². The lowest BCUT2D eigenvalue weighted by atomic mass is 10.3. The third kappa shape index (κ3) is 5.14. The first kappa shape index (κ1) is 21.7. The first-order valence-corrected chi connectivity index (χ1v) is 9.95. The van der Waals surface area contributed by atoms with Gasteiger partial charge in [0.15, 0.2) is 0 Å². The van der Waals surface area contributed by atoms with Crippen molar-refractivity contribution in [1.29, 1.82) is 0 Å². The zero-order valence-electron chi connectivity index (χ0n) is 16.7. The lowest BCUT2D eigenvalue weighted by molar-refractivity contribution is -0.159. The van der Waals surface area contributed by atoms with E-state index in [9.17, 15) is 0 Å². The maximum absolute atomic E-state index is 9.10. The van der Waals surface area contributed by atoms with Crippen LogP contribution in [0.2, 0.25) is 0 Å². The van der Waals surface area contributed by atoms with Crippen LogP contribution < -0.4 is 4.74 Å². The number of nitrogens with zero attached hydrogens (tertiary/aromatic N) is 3. The van der Waals surface area contributed by atoms with E-state index in [1.54, 1.807) is 24.6 Å². The van der Waals surface area contributed by atoms with Gasteiger partial charge in [-0.05, 0) is 60.4 Å². The number of benzene rings is 1. The molecular weight excluding hydrogens is 418 g/mol. The molecule has 0 unspecified atom stereocenters. The molecule has 0 amide bonds. The molecule has 0 saturated heterocycles. The predicted octanol–water partition coefficient (Wildman–Crippen LogP) is 4.13. The number of pyridine rings is 1. The van der Waals surface area contributed by atoms with Crippen LogP contribution in [0.15, 0.2) is 54.0 Å². The molecule has 3 aromatic heterocycles. The number of ether oxygens (including phenoxy) is 1. The van der Waals surface area contributed by atoms with Crippen LogP contribution in [0.1, 0.15) is 16.3 Å². The molecule has 0 radical (unpaired) electrons. The minimum atomic E-state index is -1.82. The summed E-state index contributed by atoms with van der Waals surface area (Å²) in [6, 6.07) is 13.9. The Balaban J connectivity index is 0.000000401. The predicted molar refractivity (Wildman–Crippen MR) is 119 cm³/mol. The summed E-state index contributed by atoms with van der Waals surface area (Å²) in [7, 11) is 1.66. The van der Waals surface area contributed by atoms with Gasteiger partial charge in [0, 0.05) is 17.1 Å². The molecule has 0 fully saturated rings. The lowest BCUT2D eigenvalue weighted by Crippen LogP contribution is -2.09. The second-order valence-corrected chi connectivity index (χ2v) is 7.21. The third-order valence-corrected chi connectivity index (χ3v) is 5.22. The van der Waals surface area contributed by atoms with Crippen LogP contribution in [0.3, 0.4) is 0 Å². The van der Waals surface area contributed by atoms with Gasteiger partial charge in [-0.1, -0.05) is 6.07 Å². The summed E-state index contributed by atoms with van der Waals surface area (Å²) in [5.74, 6) is -1.17. The molecule has 31 heavy (non-hydrogen) atoms. The van der Waals surface area contributed by atoms with E-state index >= 15 is 0 Å². The van der Waals surface area contributed by atoms with Gasteiger partial charge in [-0.25, -0.2) is 19.6 Å². The summed E-state index contributed by atoms with van der Waals surface area (Å²) in [4.78, 5) is 28.7. The van der Waals surface area contributed by atoms with Crippen LogP contribution in [-0.2, 0) is 9.59 Å². The minimum absolute atomic E-state index is 0.794. The van der Waals surface area contributed by atoms with Crippen molar-refractivity contribution in [2.45, 2.75) is 6.92 Å². The molecule has 4 rings (SSSR count). The number of fused-ring (bicyclic) bond motifs is 1. The van der Waals surface area contributed by atoms with Crippen molar-refractivity contribution in [2.75, 3.05) is 7.11 Å².